The molecule has 1 aliphatic rings. The van der Waals surface area contributed by atoms with E-state index in [1.165, 1.54) is 32.3 Å². The maximum Gasteiger partial charge on any atom is 0.174 e. The highest BCUT2D eigenvalue weighted by atomic mass is 32.1. The lowest BCUT2D eigenvalue weighted by molar-refractivity contribution is 0.996. The molecule has 1 aliphatic carbocycles. The molecule has 0 saturated heterocycles. The minimum absolute atomic E-state index is 0.664. The SMILES string of the molecule is N#Cc1ccc(-c2ccc(-c3ccc(-c4ccc(-c5nc(-c6ccccc6)nc(-c6cc7c(s6)C=CCC7)n5)cc4)c4ccccc34)cc2)cc1. The highest BCUT2D eigenvalue weighted by Gasteiger charge is 2.17. The van der Waals surface area contributed by atoms with Crippen molar-refractivity contribution in [2.75, 3.05) is 0 Å². The standard InChI is InChI=1S/C46H30N4S/c47-29-30-14-16-31(17-15-30)32-18-20-33(21-19-32)38-26-27-39(41-12-6-5-11-40(38)41)34-22-24-36(25-23-34)45-48-44(35-8-2-1-3-9-35)49-46(50-45)43-28-37-10-4-7-13-42(37)51-43/h1-3,5-9,11-28H,4,10H2. The van der Waals surface area contributed by atoms with Gasteiger partial charge in [-0.1, -0.05) is 133 Å². The van der Waals surface area contributed by atoms with Crippen LogP contribution in [0.5, 0.6) is 0 Å². The van der Waals surface area contributed by atoms with Crippen LogP contribution in [0.3, 0.4) is 0 Å². The summed E-state index contributed by atoms with van der Waals surface area (Å²) in [5.74, 6) is 2.05. The average molecular weight is 671 g/mol. The van der Waals surface area contributed by atoms with E-state index in [-0.39, 0.29) is 0 Å². The largest absolute Gasteiger partial charge is 0.208 e. The lowest BCUT2D eigenvalue weighted by atomic mass is 9.91. The molecule has 0 saturated carbocycles. The van der Waals surface area contributed by atoms with Gasteiger partial charge in [0.1, 0.15) is 0 Å². The molecule has 0 amide bonds. The van der Waals surface area contributed by atoms with Crippen molar-refractivity contribution in [1.82, 2.24) is 15.0 Å². The van der Waals surface area contributed by atoms with E-state index in [0.29, 0.717) is 23.0 Å². The highest BCUT2D eigenvalue weighted by Crippen LogP contribution is 2.38. The van der Waals surface area contributed by atoms with E-state index in [1.54, 1.807) is 11.3 Å². The summed E-state index contributed by atoms with van der Waals surface area (Å²) >= 11 is 1.75. The van der Waals surface area contributed by atoms with Crippen molar-refractivity contribution in [3.8, 4) is 72.9 Å². The Bertz CT molecular complexity index is 2610. The van der Waals surface area contributed by atoms with Crippen molar-refractivity contribution in [3.63, 3.8) is 0 Å². The fourth-order valence-electron chi connectivity index (χ4n) is 6.83. The zero-order chi connectivity index (χ0) is 34.1. The van der Waals surface area contributed by atoms with Gasteiger partial charge in [-0.15, -0.1) is 11.3 Å². The molecule has 4 nitrogen and oxygen atoms in total. The smallest absolute Gasteiger partial charge is 0.174 e. The second-order valence-corrected chi connectivity index (χ2v) is 13.7. The number of benzene rings is 6. The Kier molecular flexibility index (Phi) is 7.85. The molecule has 0 radical (unpaired) electrons. The van der Waals surface area contributed by atoms with E-state index in [1.807, 2.05) is 54.6 Å². The summed E-state index contributed by atoms with van der Waals surface area (Å²) in [5, 5.41) is 11.6. The van der Waals surface area contributed by atoms with E-state index < -0.39 is 0 Å². The summed E-state index contributed by atoms with van der Waals surface area (Å²) in [6.07, 6.45) is 6.58. The number of nitrogens with zero attached hydrogens (tertiary/aromatic N) is 4. The van der Waals surface area contributed by atoms with Crippen LogP contribution < -0.4 is 0 Å². The number of allylic oxidation sites excluding steroid dienone is 1. The molecule has 0 unspecified atom stereocenters. The molecule has 0 atom stereocenters. The molecule has 9 rings (SSSR count). The fourth-order valence-corrected chi connectivity index (χ4v) is 7.91. The van der Waals surface area contributed by atoms with Crippen LogP contribution in [-0.4, -0.2) is 15.0 Å². The van der Waals surface area contributed by atoms with E-state index in [4.69, 9.17) is 20.2 Å². The normalized spacial score (nSPS) is 12.1. The molecule has 6 aromatic carbocycles. The Morgan fingerprint density at radius 2 is 1.02 bits per heavy atom. The number of hydrogen-bond donors (Lipinski definition) is 0. The molecule has 2 aromatic heterocycles. The average Bonchev–Trinajstić information content (AvgIpc) is 3.66. The van der Waals surface area contributed by atoms with Crippen LogP contribution in [0, 0.1) is 11.3 Å². The lowest BCUT2D eigenvalue weighted by Crippen LogP contribution is -1.99. The molecule has 2 heterocycles. The van der Waals surface area contributed by atoms with Crippen LogP contribution in [0.2, 0.25) is 0 Å². The summed E-state index contributed by atoms with van der Waals surface area (Å²) in [7, 11) is 0. The van der Waals surface area contributed by atoms with Crippen molar-refractivity contribution in [2.24, 2.45) is 0 Å². The monoisotopic (exact) mass is 670 g/mol. The molecule has 8 aromatic rings. The number of aromatic nitrogens is 3. The van der Waals surface area contributed by atoms with Gasteiger partial charge in [0, 0.05) is 16.0 Å². The molecule has 0 fully saturated rings. The predicted molar refractivity (Wildman–Crippen MR) is 210 cm³/mol. The topological polar surface area (TPSA) is 62.5 Å². The van der Waals surface area contributed by atoms with Gasteiger partial charge in [0.2, 0.25) is 0 Å². The van der Waals surface area contributed by atoms with Crippen molar-refractivity contribution < 1.29 is 0 Å². The molecule has 0 aliphatic heterocycles. The van der Waals surface area contributed by atoms with E-state index in [9.17, 15) is 0 Å². The highest BCUT2D eigenvalue weighted by molar-refractivity contribution is 7.16. The summed E-state index contributed by atoms with van der Waals surface area (Å²) in [6.45, 7) is 0. The van der Waals surface area contributed by atoms with Gasteiger partial charge in [0.25, 0.3) is 0 Å². The molecule has 5 heteroatoms. The van der Waals surface area contributed by atoms with Crippen molar-refractivity contribution >= 4 is 28.2 Å². The van der Waals surface area contributed by atoms with Gasteiger partial charge in [0.15, 0.2) is 17.5 Å². The van der Waals surface area contributed by atoms with Crippen LogP contribution in [0.4, 0.5) is 0 Å². The molecular weight excluding hydrogens is 641 g/mol. The Labute approximate surface area is 300 Å². The van der Waals surface area contributed by atoms with Crippen LogP contribution in [0.25, 0.3) is 83.7 Å². The Balaban J connectivity index is 1.06. The molecule has 51 heavy (non-hydrogen) atoms. The van der Waals surface area contributed by atoms with Crippen molar-refractivity contribution in [2.45, 2.75) is 12.8 Å². The van der Waals surface area contributed by atoms with Gasteiger partial charge in [-0.05, 0) is 86.8 Å². The minimum atomic E-state index is 0.664. The second kappa shape index (κ2) is 13.1. The molecule has 0 N–H and O–H groups in total. The maximum absolute atomic E-state index is 9.15. The van der Waals surface area contributed by atoms with Crippen molar-refractivity contribution in [1.29, 1.82) is 5.26 Å². The fraction of sp³-hybridized carbons (Fsp3) is 0.0435. The van der Waals surface area contributed by atoms with Gasteiger partial charge in [-0.25, -0.2) is 15.0 Å². The predicted octanol–water partition coefficient (Wildman–Crippen LogP) is 11.9. The maximum atomic E-state index is 9.15. The van der Waals surface area contributed by atoms with Crippen LogP contribution in [0.15, 0.2) is 152 Å². The summed E-state index contributed by atoms with van der Waals surface area (Å²) in [6, 6.07) is 52.6. The van der Waals surface area contributed by atoms with Gasteiger partial charge in [-0.3, -0.25) is 0 Å². The molecule has 0 bridgehead atoms. The van der Waals surface area contributed by atoms with Crippen LogP contribution in [0.1, 0.15) is 22.4 Å². The second-order valence-electron chi connectivity index (χ2n) is 12.7. The first-order valence-corrected chi connectivity index (χ1v) is 17.9. The first-order chi connectivity index (χ1) is 25.2. The van der Waals surface area contributed by atoms with Gasteiger partial charge in [0.05, 0.1) is 16.5 Å². The minimum Gasteiger partial charge on any atom is -0.208 e. The van der Waals surface area contributed by atoms with Gasteiger partial charge >= 0.3 is 0 Å². The number of rotatable bonds is 6. The summed E-state index contributed by atoms with van der Waals surface area (Å²) < 4.78 is 0. The zero-order valence-electron chi connectivity index (χ0n) is 27.6. The third-order valence-electron chi connectivity index (χ3n) is 9.50. The third kappa shape index (κ3) is 5.93. The van der Waals surface area contributed by atoms with Crippen molar-refractivity contribution in [3.05, 3.63) is 168 Å². The van der Waals surface area contributed by atoms with E-state index in [0.717, 1.165) is 51.1 Å². The summed E-state index contributed by atoms with van der Waals surface area (Å²) in [4.78, 5) is 17.3. The van der Waals surface area contributed by atoms with Gasteiger partial charge < -0.3 is 0 Å². The first kappa shape index (κ1) is 30.6. The number of aryl methyl sites for hydroxylation is 1. The Morgan fingerprint density at radius 3 is 1.61 bits per heavy atom. The molecule has 240 valence electrons. The third-order valence-corrected chi connectivity index (χ3v) is 10.6. The number of thiophene rings is 1. The number of hydrogen-bond acceptors (Lipinski definition) is 5. The van der Waals surface area contributed by atoms with E-state index in [2.05, 4.69) is 109 Å². The molecular formula is C46H30N4S. The van der Waals surface area contributed by atoms with Crippen LogP contribution in [-0.2, 0) is 6.42 Å². The first-order valence-electron chi connectivity index (χ1n) is 17.0. The number of fused-ring (bicyclic) bond motifs is 2. The lowest BCUT2D eigenvalue weighted by Gasteiger charge is -2.13. The summed E-state index contributed by atoms with van der Waals surface area (Å²) in [5.41, 5.74) is 10.8. The van der Waals surface area contributed by atoms with Gasteiger partial charge in [-0.2, -0.15) is 5.26 Å². The quantitative estimate of drug-likeness (QED) is 0.177. The molecule has 0 spiro atoms. The Hall–Kier alpha value is -6.48. The zero-order valence-corrected chi connectivity index (χ0v) is 28.4. The van der Waals surface area contributed by atoms with E-state index >= 15 is 0 Å². The Morgan fingerprint density at radius 1 is 0.510 bits per heavy atom. The van der Waals surface area contributed by atoms with Crippen LogP contribution >= 0.6 is 11.3 Å². The number of nitriles is 1.